The third kappa shape index (κ3) is 30.9. The van der Waals surface area contributed by atoms with Crippen molar-refractivity contribution in [3.8, 4) is 0 Å². The number of rotatable bonds is 29. The van der Waals surface area contributed by atoms with Gasteiger partial charge >= 0.3 is 5.97 Å². The maximum Gasteiger partial charge on any atom is 0.308 e. The molecule has 0 spiro atoms. The minimum Gasteiger partial charge on any atom is -0.465 e. The van der Waals surface area contributed by atoms with E-state index in [4.69, 9.17) is 4.74 Å². The smallest absolute Gasteiger partial charge is 0.308 e. The van der Waals surface area contributed by atoms with E-state index >= 15 is 0 Å². The van der Waals surface area contributed by atoms with Gasteiger partial charge in [0.05, 0.1) is 12.5 Å². The minimum absolute atomic E-state index is 0.00878. The van der Waals surface area contributed by atoms with Crippen molar-refractivity contribution >= 4 is 5.97 Å². The summed E-state index contributed by atoms with van der Waals surface area (Å²) in [5.41, 5.74) is 0. The number of esters is 1. The molecule has 46 heavy (non-hydrogen) atoms. The van der Waals surface area contributed by atoms with Crippen LogP contribution in [0.1, 0.15) is 130 Å². The van der Waals surface area contributed by atoms with Crippen LogP contribution in [0.5, 0.6) is 0 Å². The van der Waals surface area contributed by atoms with Crippen molar-refractivity contribution in [2.24, 2.45) is 11.8 Å². The molecular weight excluding hydrogens is 560 g/mol. The zero-order valence-corrected chi connectivity index (χ0v) is 30.0. The highest BCUT2D eigenvalue weighted by atomic mass is 16.5. The molecule has 0 aromatic carbocycles. The molecule has 2 unspecified atom stereocenters. The normalized spacial score (nSPS) is 14.6. The molecule has 0 aromatic heterocycles. The number of hydrogen-bond acceptors (Lipinski definition) is 2. The molecule has 0 aliphatic heterocycles. The average Bonchev–Trinajstić information content (AvgIpc) is 3.07. The van der Waals surface area contributed by atoms with Crippen molar-refractivity contribution in [1.29, 1.82) is 0 Å². The van der Waals surface area contributed by atoms with E-state index in [1.807, 2.05) is 0 Å². The summed E-state index contributed by atoms with van der Waals surface area (Å²) in [6.45, 7) is 9.14. The molecule has 0 rings (SSSR count). The van der Waals surface area contributed by atoms with Gasteiger partial charge in [0.15, 0.2) is 0 Å². The van der Waals surface area contributed by atoms with Crippen molar-refractivity contribution in [1.82, 2.24) is 0 Å². The molecule has 2 heteroatoms. The topological polar surface area (TPSA) is 26.3 Å². The quantitative estimate of drug-likeness (QED) is 0.0608. The third-order valence-electron chi connectivity index (χ3n) is 7.60. The molecule has 0 aromatic rings. The minimum atomic E-state index is -0.0248. The highest BCUT2D eigenvalue weighted by molar-refractivity contribution is 5.72. The lowest BCUT2D eigenvalue weighted by Gasteiger charge is -2.17. The van der Waals surface area contributed by atoms with Crippen molar-refractivity contribution in [2.45, 2.75) is 130 Å². The molecule has 0 saturated heterocycles. The van der Waals surface area contributed by atoms with Gasteiger partial charge in [-0.3, -0.25) is 4.79 Å². The van der Waals surface area contributed by atoms with Gasteiger partial charge in [-0.15, -0.1) is 0 Å². The summed E-state index contributed by atoms with van der Waals surface area (Å²) in [6.07, 6.45) is 60.3. The molecule has 0 aliphatic rings. The van der Waals surface area contributed by atoms with Crippen LogP contribution in [0.4, 0.5) is 0 Å². The standard InChI is InChI=1S/C44H68O2/c1-5-9-11-13-15-17-19-21-23-25-27-29-31-33-35-37-39-42(7-3)41-46-44(45)43(8-4)40-38-36-34-32-30-28-26-24-22-20-18-16-14-12-10-6-2/h9-12,15-18,21-24,27-30,33-36,42-43H,5-8,13-14,19-20,25-26,31-32,37-41H2,1-4H3. The van der Waals surface area contributed by atoms with Crippen LogP contribution < -0.4 is 0 Å². The lowest BCUT2D eigenvalue weighted by atomic mass is 9.99. The third-order valence-corrected chi connectivity index (χ3v) is 7.60. The SMILES string of the molecule is CCC=CCC=CCC=CCC=CCC=CCCC(CC)COC(=O)C(CC)CCC=CCC=CCC=CCC=CCC=CCC. The number of hydrogen-bond donors (Lipinski definition) is 0. The molecule has 0 fully saturated rings. The first-order valence-corrected chi connectivity index (χ1v) is 18.4. The molecule has 0 amide bonds. The van der Waals surface area contributed by atoms with Gasteiger partial charge in [0.1, 0.15) is 0 Å². The van der Waals surface area contributed by atoms with Crippen LogP contribution in [0.3, 0.4) is 0 Å². The van der Waals surface area contributed by atoms with Crippen LogP contribution in [0.25, 0.3) is 0 Å². The number of carbonyl (C=O) groups is 1. The second kappa shape index (κ2) is 36.3. The van der Waals surface area contributed by atoms with Gasteiger partial charge in [0, 0.05) is 0 Å². The summed E-state index contributed by atoms with van der Waals surface area (Å²) < 4.78 is 5.77. The Hall–Kier alpha value is -3.13. The fourth-order valence-electron chi connectivity index (χ4n) is 4.58. The summed E-state index contributed by atoms with van der Waals surface area (Å²) in [5.74, 6) is 0.392. The number of carbonyl (C=O) groups excluding carboxylic acids is 1. The molecule has 256 valence electrons. The van der Waals surface area contributed by atoms with E-state index < -0.39 is 0 Å². The summed E-state index contributed by atoms with van der Waals surface area (Å²) in [7, 11) is 0. The second-order valence-corrected chi connectivity index (χ2v) is 11.6. The maximum atomic E-state index is 12.7. The van der Waals surface area contributed by atoms with Crippen LogP contribution in [-0.2, 0) is 9.53 Å². The number of ether oxygens (including phenoxy) is 1. The fourth-order valence-corrected chi connectivity index (χ4v) is 4.58. The van der Waals surface area contributed by atoms with Crippen LogP contribution in [0.2, 0.25) is 0 Å². The van der Waals surface area contributed by atoms with E-state index in [0.29, 0.717) is 12.5 Å². The van der Waals surface area contributed by atoms with E-state index in [1.165, 1.54) is 0 Å². The van der Waals surface area contributed by atoms with E-state index in [9.17, 15) is 4.79 Å². The molecule has 2 nitrogen and oxygen atoms in total. The van der Waals surface area contributed by atoms with E-state index in [2.05, 4.69) is 149 Å². The first kappa shape index (κ1) is 42.9. The highest BCUT2D eigenvalue weighted by Crippen LogP contribution is 2.17. The van der Waals surface area contributed by atoms with Crippen LogP contribution in [-0.4, -0.2) is 12.6 Å². The van der Waals surface area contributed by atoms with Gasteiger partial charge in [0.25, 0.3) is 0 Å². The Labute approximate surface area is 285 Å². The second-order valence-electron chi connectivity index (χ2n) is 11.6. The largest absolute Gasteiger partial charge is 0.465 e. The van der Waals surface area contributed by atoms with Gasteiger partial charge in [-0.2, -0.15) is 0 Å². The molecule has 0 heterocycles. The van der Waals surface area contributed by atoms with Gasteiger partial charge in [-0.05, 0) is 102 Å². The van der Waals surface area contributed by atoms with E-state index in [-0.39, 0.29) is 11.9 Å². The van der Waals surface area contributed by atoms with E-state index in [0.717, 1.165) is 103 Å². The van der Waals surface area contributed by atoms with Crippen LogP contribution in [0, 0.1) is 11.8 Å². The van der Waals surface area contributed by atoms with Gasteiger partial charge in [-0.25, -0.2) is 0 Å². The lowest BCUT2D eigenvalue weighted by molar-refractivity contribution is -0.150. The Morgan fingerprint density at radius 2 is 0.761 bits per heavy atom. The summed E-state index contributed by atoms with van der Waals surface area (Å²) in [5, 5.41) is 0. The van der Waals surface area contributed by atoms with E-state index in [1.54, 1.807) is 0 Å². The summed E-state index contributed by atoms with van der Waals surface area (Å²) >= 11 is 0. The average molecular weight is 629 g/mol. The van der Waals surface area contributed by atoms with Gasteiger partial charge in [-0.1, -0.05) is 156 Å². The Balaban J connectivity index is 4.03. The molecule has 0 aliphatic carbocycles. The molecule has 0 radical (unpaired) electrons. The molecule has 0 saturated carbocycles. The maximum absolute atomic E-state index is 12.7. The van der Waals surface area contributed by atoms with Crippen molar-refractivity contribution in [3.05, 3.63) is 122 Å². The zero-order valence-electron chi connectivity index (χ0n) is 30.0. The predicted octanol–water partition coefficient (Wildman–Crippen LogP) is 13.6. The van der Waals surface area contributed by atoms with Gasteiger partial charge in [0.2, 0.25) is 0 Å². The monoisotopic (exact) mass is 629 g/mol. The van der Waals surface area contributed by atoms with Crippen molar-refractivity contribution < 1.29 is 9.53 Å². The molecule has 0 N–H and O–H groups in total. The molecular formula is C44H68O2. The Morgan fingerprint density at radius 3 is 1.09 bits per heavy atom. The Bertz CT molecular complexity index is 979. The highest BCUT2D eigenvalue weighted by Gasteiger charge is 2.18. The first-order valence-electron chi connectivity index (χ1n) is 18.4. The van der Waals surface area contributed by atoms with Crippen molar-refractivity contribution in [3.63, 3.8) is 0 Å². The number of allylic oxidation sites excluding steroid dienone is 20. The Kier molecular flexibility index (Phi) is 33.9. The summed E-state index contributed by atoms with van der Waals surface area (Å²) in [6, 6.07) is 0. The predicted molar refractivity (Wildman–Crippen MR) is 206 cm³/mol. The first-order chi connectivity index (χ1) is 22.7. The summed E-state index contributed by atoms with van der Waals surface area (Å²) in [4.78, 5) is 12.7. The van der Waals surface area contributed by atoms with Crippen molar-refractivity contribution in [2.75, 3.05) is 6.61 Å². The van der Waals surface area contributed by atoms with Crippen LogP contribution >= 0.6 is 0 Å². The molecule has 0 bridgehead atoms. The van der Waals surface area contributed by atoms with Crippen LogP contribution in [0.15, 0.2) is 122 Å². The Morgan fingerprint density at radius 1 is 0.435 bits per heavy atom. The fraction of sp³-hybridized carbons (Fsp3) is 0.523. The lowest BCUT2D eigenvalue weighted by Crippen LogP contribution is -2.20. The molecule has 2 atom stereocenters. The zero-order chi connectivity index (χ0) is 33.6. The van der Waals surface area contributed by atoms with Gasteiger partial charge < -0.3 is 4.74 Å².